The predicted octanol–water partition coefficient (Wildman–Crippen LogP) is 5.53. The third-order valence-corrected chi connectivity index (χ3v) is 9.91. The van der Waals surface area contributed by atoms with Crippen LogP contribution in [0.1, 0.15) is 36.5 Å². The van der Waals surface area contributed by atoms with Crippen LogP contribution < -0.4 is 10.0 Å². The molecule has 1 fully saturated rings. The van der Waals surface area contributed by atoms with Gasteiger partial charge in [0.25, 0.3) is 10.0 Å². The molecule has 1 aliphatic carbocycles. The number of aromatic nitrogens is 2. The van der Waals surface area contributed by atoms with Crippen LogP contribution in [0.3, 0.4) is 0 Å². The van der Waals surface area contributed by atoms with Crippen LogP contribution in [0, 0.1) is 11.6 Å². The Morgan fingerprint density at radius 1 is 1.11 bits per heavy atom. The number of nitrogens with one attached hydrogen (secondary N) is 2. The zero-order valence-corrected chi connectivity index (χ0v) is 25.6. The number of aliphatic hydroxyl groups excluding tert-OH is 1. The van der Waals surface area contributed by atoms with Crippen LogP contribution in [-0.4, -0.2) is 67.8 Å². The molecule has 1 saturated heterocycles. The Morgan fingerprint density at radius 3 is 2.68 bits per heavy atom. The minimum absolute atomic E-state index is 0.130. The molecule has 13 heteroatoms. The van der Waals surface area contributed by atoms with Crippen molar-refractivity contribution in [3.05, 3.63) is 76.4 Å². The first-order valence-corrected chi connectivity index (χ1v) is 16.3. The highest BCUT2D eigenvalue weighted by Crippen LogP contribution is 2.39. The molecule has 1 aromatic heterocycles. The normalized spacial score (nSPS) is 17.6. The third-order valence-electron chi connectivity index (χ3n) is 8.26. The van der Waals surface area contributed by atoms with Gasteiger partial charge in [-0.05, 0) is 78.8 Å². The quantitative estimate of drug-likeness (QED) is 0.218. The second kappa shape index (κ2) is 12.5. The van der Waals surface area contributed by atoms with E-state index >= 15 is 8.78 Å². The van der Waals surface area contributed by atoms with Crippen molar-refractivity contribution in [1.82, 2.24) is 14.9 Å². The fourth-order valence-corrected chi connectivity index (χ4v) is 7.61. The summed E-state index contributed by atoms with van der Waals surface area (Å²) < 4.78 is 65.0. The molecule has 3 N–H and O–H groups in total. The first kappa shape index (κ1) is 30.6. The van der Waals surface area contributed by atoms with E-state index in [1.165, 1.54) is 12.1 Å². The fourth-order valence-electron chi connectivity index (χ4n) is 5.93. The number of benzene rings is 3. The van der Waals surface area contributed by atoms with Crippen molar-refractivity contribution in [2.24, 2.45) is 0 Å². The van der Waals surface area contributed by atoms with Crippen LogP contribution in [-0.2, 0) is 21.2 Å². The van der Waals surface area contributed by atoms with Crippen molar-refractivity contribution in [2.45, 2.75) is 42.7 Å². The summed E-state index contributed by atoms with van der Waals surface area (Å²) in [4.78, 5) is 11.2. The highest BCUT2D eigenvalue weighted by molar-refractivity contribution is 7.92. The van der Waals surface area contributed by atoms with Gasteiger partial charge in [0.2, 0.25) is 5.95 Å². The molecule has 0 bridgehead atoms. The maximum absolute atomic E-state index is 15.8. The van der Waals surface area contributed by atoms with E-state index in [9.17, 15) is 13.5 Å². The summed E-state index contributed by atoms with van der Waals surface area (Å²) in [5.41, 5.74) is 0.844. The van der Waals surface area contributed by atoms with Gasteiger partial charge in [0, 0.05) is 49.4 Å². The van der Waals surface area contributed by atoms with Crippen molar-refractivity contribution in [3.8, 4) is 11.1 Å². The Hall–Kier alpha value is -3.42. The second-order valence-electron chi connectivity index (χ2n) is 11.1. The highest BCUT2D eigenvalue weighted by atomic mass is 35.5. The molecule has 0 spiro atoms. The van der Waals surface area contributed by atoms with E-state index in [1.54, 1.807) is 31.5 Å². The molecule has 1 aliphatic heterocycles. The Balaban J connectivity index is 1.23. The lowest BCUT2D eigenvalue weighted by molar-refractivity contribution is 0.132. The van der Waals surface area contributed by atoms with E-state index in [4.69, 9.17) is 16.3 Å². The molecule has 0 unspecified atom stereocenters. The Bertz CT molecular complexity index is 1820. The molecule has 44 heavy (non-hydrogen) atoms. The number of sulfonamides is 1. The molecule has 4 aromatic rings. The number of ether oxygens (including phenoxy) is 1. The summed E-state index contributed by atoms with van der Waals surface area (Å²) in [6.45, 7) is 3.52. The van der Waals surface area contributed by atoms with Gasteiger partial charge >= 0.3 is 0 Å². The van der Waals surface area contributed by atoms with Gasteiger partial charge in [-0.25, -0.2) is 27.2 Å². The molecule has 0 radical (unpaired) electrons. The maximum Gasteiger partial charge on any atom is 0.262 e. The molecule has 232 valence electrons. The van der Waals surface area contributed by atoms with Crippen molar-refractivity contribution < 1.29 is 27.0 Å². The molecule has 1 atom stereocenters. The standard InChI is InChI=1S/C31H32ClF2N5O4S/c1-43-13-12-39-10-8-21(9-11-39)36-31-35-17-19-14-18(2-5-25(19)37-31)29-24(33)4-6-26(30(29)34)38-44(41,42)28-16-20(32)15-23-22(28)3-7-27(23)40/h2,4-6,14-17,21,27,38,40H,3,7-13H2,1H3,(H,35,36,37)/t27-/m1/s1. The summed E-state index contributed by atoms with van der Waals surface area (Å²) in [7, 11) is -2.62. The third kappa shape index (κ3) is 6.22. The monoisotopic (exact) mass is 643 g/mol. The van der Waals surface area contributed by atoms with Crippen molar-refractivity contribution in [2.75, 3.05) is 43.4 Å². The Morgan fingerprint density at radius 2 is 1.91 bits per heavy atom. The summed E-state index contributed by atoms with van der Waals surface area (Å²) in [6.07, 6.45) is 3.34. The first-order chi connectivity index (χ1) is 21.1. The highest BCUT2D eigenvalue weighted by Gasteiger charge is 2.30. The topological polar surface area (TPSA) is 117 Å². The molecule has 9 nitrogen and oxygen atoms in total. The molecule has 0 amide bonds. The van der Waals surface area contributed by atoms with E-state index in [0.29, 0.717) is 47.4 Å². The lowest BCUT2D eigenvalue weighted by Crippen LogP contribution is -2.40. The second-order valence-corrected chi connectivity index (χ2v) is 13.2. The Labute approximate surface area is 259 Å². The summed E-state index contributed by atoms with van der Waals surface area (Å²) in [5.74, 6) is -1.44. The molecular formula is C31H32ClF2N5O4S. The van der Waals surface area contributed by atoms with Crippen molar-refractivity contribution in [3.63, 3.8) is 0 Å². The molecule has 0 saturated carbocycles. The van der Waals surface area contributed by atoms with E-state index < -0.39 is 33.4 Å². The largest absolute Gasteiger partial charge is 0.388 e. The predicted molar refractivity (Wildman–Crippen MR) is 165 cm³/mol. The van der Waals surface area contributed by atoms with Crippen LogP contribution in [0.25, 0.3) is 22.0 Å². The van der Waals surface area contributed by atoms with Gasteiger partial charge in [-0.3, -0.25) is 4.72 Å². The van der Waals surface area contributed by atoms with Gasteiger partial charge in [0.05, 0.1) is 34.4 Å². The molecule has 2 heterocycles. The zero-order valence-electron chi connectivity index (χ0n) is 24.0. The number of hydrogen-bond donors (Lipinski definition) is 3. The number of fused-ring (bicyclic) bond motifs is 2. The zero-order chi connectivity index (χ0) is 31.0. The average molecular weight is 644 g/mol. The van der Waals surface area contributed by atoms with Crippen LogP contribution in [0.15, 0.2) is 53.6 Å². The fraction of sp³-hybridized carbons (Fsp3) is 0.355. The van der Waals surface area contributed by atoms with E-state index in [1.807, 2.05) is 0 Å². The summed E-state index contributed by atoms with van der Waals surface area (Å²) >= 11 is 6.14. The molecule has 2 aliphatic rings. The molecule has 3 aromatic carbocycles. The number of hydrogen-bond acceptors (Lipinski definition) is 8. The van der Waals surface area contributed by atoms with Gasteiger partial charge in [-0.15, -0.1) is 0 Å². The van der Waals surface area contributed by atoms with E-state index in [0.717, 1.165) is 44.6 Å². The number of piperidine rings is 1. The lowest BCUT2D eigenvalue weighted by atomic mass is 10.0. The van der Waals surface area contributed by atoms with Gasteiger partial charge < -0.3 is 20.1 Å². The van der Waals surface area contributed by atoms with Crippen LogP contribution in [0.2, 0.25) is 5.02 Å². The minimum atomic E-state index is -4.32. The van der Waals surface area contributed by atoms with Crippen LogP contribution in [0.4, 0.5) is 20.4 Å². The number of rotatable bonds is 9. The van der Waals surface area contributed by atoms with Crippen LogP contribution in [0.5, 0.6) is 0 Å². The van der Waals surface area contributed by atoms with E-state index in [2.05, 4.69) is 24.9 Å². The van der Waals surface area contributed by atoms with Crippen molar-refractivity contribution >= 4 is 44.2 Å². The molecular weight excluding hydrogens is 612 g/mol. The number of aliphatic hydroxyl groups is 1. The minimum Gasteiger partial charge on any atom is -0.388 e. The number of methoxy groups -OCH3 is 1. The summed E-state index contributed by atoms with van der Waals surface area (Å²) in [6, 6.07) is 9.84. The smallest absolute Gasteiger partial charge is 0.262 e. The average Bonchev–Trinajstić information content (AvgIpc) is 3.37. The number of halogens is 3. The van der Waals surface area contributed by atoms with E-state index in [-0.39, 0.29) is 27.1 Å². The first-order valence-electron chi connectivity index (χ1n) is 14.4. The SMILES string of the molecule is COCCN1CCC(Nc2ncc3cc(-c4c(F)ccc(NS(=O)(=O)c5cc(Cl)cc6c5CC[C@H]6O)c4F)ccc3n2)CC1. The summed E-state index contributed by atoms with van der Waals surface area (Å²) in [5, 5.41) is 14.3. The maximum atomic E-state index is 15.8. The number of nitrogens with zero attached hydrogens (tertiary/aromatic N) is 3. The van der Waals surface area contributed by atoms with Gasteiger partial charge in [0.1, 0.15) is 5.82 Å². The number of anilines is 2. The molecule has 6 rings (SSSR count). The Kier molecular flexibility index (Phi) is 8.71. The van der Waals surface area contributed by atoms with Crippen molar-refractivity contribution in [1.29, 1.82) is 0 Å². The lowest BCUT2D eigenvalue weighted by Gasteiger charge is -2.32. The van der Waals surface area contributed by atoms with Gasteiger partial charge in [-0.1, -0.05) is 17.7 Å². The van der Waals surface area contributed by atoms with Crippen LogP contribution >= 0.6 is 11.6 Å². The number of likely N-dealkylation sites (tertiary alicyclic amines) is 1. The van der Waals surface area contributed by atoms with Gasteiger partial charge in [-0.2, -0.15) is 0 Å². The van der Waals surface area contributed by atoms with Gasteiger partial charge in [0.15, 0.2) is 5.82 Å².